The minimum absolute atomic E-state index is 0.329. The second-order valence-electron chi connectivity index (χ2n) is 6.39. The molecule has 1 atom stereocenters. The first-order valence-electron chi connectivity index (χ1n) is 7.66. The fourth-order valence-electron chi connectivity index (χ4n) is 3.47. The van der Waals surface area contributed by atoms with E-state index in [-0.39, 0.29) is 11.6 Å². The molecule has 6 heteroatoms. The van der Waals surface area contributed by atoms with Crippen LogP contribution in [0, 0.1) is 0 Å². The summed E-state index contributed by atoms with van der Waals surface area (Å²) in [5.41, 5.74) is 2.99. The number of nitrogens with zero attached hydrogens (tertiary/aromatic N) is 2. The summed E-state index contributed by atoms with van der Waals surface area (Å²) < 4.78 is 10.4. The largest absolute Gasteiger partial charge is 0.447 e. The highest BCUT2D eigenvalue weighted by molar-refractivity contribution is 5.72. The van der Waals surface area contributed by atoms with Crippen LogP contribution in [0.4, 0.5) is 4.79 Å². The number of hydrogen-bond acceptors (Lipinski definition) is 5. The molecule has 2 aliphatic carbocycles. The van der Waals surface area contributed by atoms with Crippen molar-refractivity contribution in [1.29, 1.82) is 0 Å². The number of aryl methyl sites for hydroxylation is 1. The monoisotopic (exact) mass is 297 g/mol. The van der Waals surface area contributed by atoms with Crippen LogP contribution < -0.4 is 5.32 Å². The lowest BCUT2D eigenvalue weighted by Gasteiger charge is -2.21. The van der Waals surface area contributed by atoms with Crippen molar-refractivity contribution in [1.82, 2.24) is 15.5 Å². The Morgan fingerprint density at radius 2 is 2.23 bits per heavy atom. The van der Waals surface area contributed by atoms with Gasteiger partial charge in [0.05, 0.1) is 0 Å². The molecule has 5 rings (SSSR count). The molecule has 1 spiro atoms. The minimum Gasteiger partial charge on any atom is -0.447 e. The van der Waals surface area contributed by atoms with E-state index in [2.05, 4.69) is 27.6 Å². The first-order chi connectivity index (χ1) is 10.7. The zero-order chi connectivity index (χ0) is 14.7. The van der Waals surface area contributed by atoms with E-state index < -0.39 is 0 Å². The van der Waals surface area contributed by atoms with E-state index in [4.69, 9.17) is 9.26 Å². The third kappa shape index (κ3) is 1.70. The van der Waals surface area contributed by atoms with Gasteiger partial charge in [-0.3, -0.25) is 0 Å². The first-order valence-corrected chi connectivity index (χ1v) is 7.66. The van der Waals surface area contributed by atoms with Gasteiger partial charge in [-0.2, -0.15) is 4.98 Å². The van der Waals surface area contributed by atoms with Gasteiger partial charge in [-0.15, -0.1) is 0 Å². The number of carbonyl (C=O) groups excluding carboxylic acids is 1. The van der Waals surface area contributed by atoms with Gasteiger partial charge in [-0.25, -0.2) is 4.79 Å². The van der Waals surface area contributed by atoms with Crippen LogP contribution in [0.25, 0.3) is 11.4 Å². The average Bonchev–Trinajstić information content (AvgIpc) is 3.00. The summed E-state index contributed by atoms with van der Waals surface area (Å²) in [6.45, 7) is 0.409. The van der Waals surface area contributed by atoms with E-state index in [9.17, 15) is 4.79 Å². The number of carbonyl (C=O) groups is 1. The maximum Gasteiger partial charge on any atom is 0.408 e. The van der Waals surface area contributed by atoms with E-state index in [1.807, 2.05) is 6.07 Å². The third-order valence-corrected chi connectivity index (χ3v) is 4.86. The van der Waals surface area contributed by atoms with Crippen LogP contribution in [0.5, 0.6) is 0 Å². The maximum absolute atomic E-state index is 11.4. The molecule has 1 aliphatic heterocycles. The van der Waals surface area contributed by atoms with Crippen molar-refractivity contribution >= 4 is 6.09 Å². The Labute approximate surface area is 126 Å². The summed E-state index contributed by atoms with van der Waals surface area (Å²) >= 11 is 0. The summed E-state index contributed by atoms with van der Waals surface area (Å²) in [6.07, 6.45) is 3.75. The summed E-state index contributed by atoms with van der Waals surface area (Å²) in [6, 6.07) is 6.16. The molecule has 0 bridgehead atoms. The van der Waals surface area contributed by atoms with Crippen LogP contribution >= 0.6 is 0 Å². The number of nitrogens with one attached hydrogen (secondary N) is 1. The molecule has 1 saturated carbocycles. The molecule has 22 heavy (non-hydrogen) atoms. The van der Waals surface area contributed by atoms with E-state index >= 15 is 0 Å². The lowest BCUT2D eigenvalue weighted by molar-refractivity contribution is 0.172. The zero-order valence-electron chi connectivity index (χ0n) is 12.0. The van der Waals surface area contributed by atoms with Crippen LogP contribution in [-0.4, -0.2) is 22.8 Å². The maximum atomic E-state index is 11.4. The molecular weight excluding hydrogens is 282 g/mol. The van der Waals surface area contributed by atoms with Gasteiger partial charge < -0.3 is 14.6 Å². The predicted octanol–water partition coefficient (Wildman–Crippen LogP) is 2.50. The Balaban J connectivity index is 1.51. The van der Waals surface area contributed by atoms with Crippen LogP contribution in [0.2, 0.25) is 0 Å². The second kappa shape index (κ2) is 4.09. The summed E-state index contributed by atoms with van der Waals surface area (Å²) in [7, 11) is 0. The number of aromatic nitrogens is 2. The number of fused-ring (bicyclic) bond motifs is 2. The Morgan fingerprint density at radius 1 is 1.32 bits per heavy atom. The minimum atomic E-state index is -0.346. The van der Waals surface area contributed by atoms with Crippen molar-refractivity contribution in [2.24, 2.45) is 0 Å². The molecule has 1 saturated heterocycles. The van der Waals surface area contributed by atoms with Gasteiger partial charge in [0.15, 0.2) is 0 Å². The zero-order valence-corrected chi connectivity index (χ0v) is 12.0. The predicted molar refractivity (Wildman–Crippen MR) is 76.2 cm³/mol. The van der Waals surface area contributed by atoms with Crippen molar-refractivity contribution in [2.45, 2.75) is 37.1 Å². The molecule has 1 amide bonds. The molecule has 2 fully saturated rings. The van der Waals surface area contributed by atoms with Crippen LogP contribution in [0.15, 0.2) is 22.7 Å². The number of hydrogen-bond donors (Lipinski definition) is 1. The highest BCUT2D eigenvalue weighted by Crippen LogP contribution is 2.42. The SMILES string of the molecule is O=C1N[C@]2(CCc3cc(-c4noc(C5CC5)n4)ccc32)CO1. The highest BCUT2D eigenvalue weighted by atomic mass is 16.6. The van der Waals surface area contributed by atoms with Crippen LogP contribution in [-0.2, 0) is 16.7 Å². The number of benzene rings is 1. The normalized spacial score (nSPS) is 26.1. The quantitative estimate of drug-likeness (QED) is 0.921. The van der Waals surface area contributed by atoms with Crippen molar-refractivity contribution in [3.8, 4) is 11.4 Å². The number of alkyl carbamates (subject to hydrolysis) is 1. The molecule has 0 unspecified atom stereocenters. The Kier molecular flexibility index (Phi) is 2.27. The lowest BCUT2D eigenvalue weighted by Crippen LogP contribution is -2.38. The average molecular weight is 297 g/mol. The van der Waals surface area contributed by atoms with Crippen molar-refractivity contribution < 1.29 is 14.1 Å². The Bertz CT molecular complexity index is 781. The molecule has 1 aromatic heterocycles. The molecule has 3 aliphatic rings. The smallest absolute Gasteiger partial charge is 0.408 e. The summed E-state index contributed by atoms with van der Waals surface area (Å²) in [5.74, 6) is 1.87. The van der Waals surface area contributed by atoms with Gasteiger partial charge >= 0.3 is 6.09 Å². The van der Waals surface area contributed by atoms with Gasteiger partial charge in [0.1, 0.15) is 12.1 Å². The van der Waals surface area contributed by atoms with Gasteiger partial charge in [-0.1, -0.05) is 17.3 Å². The number of amides is 1. The van der Waals surface area contributed by atoms with Gasteiger partial charge in [0.25, 0.3) is 0 Å². The molecule has 1 aromatic carbocycles. The third-order valence-electron chi connectivity index (χ3n) is 4.86. The molecule has 6 nitrogen and oxygen atoms in total. The van der Waals surface area contributed by atoms with Gasteiger partial charge in [-0.05, 0) is 42.9 Å². The van der Waals surface area contributed by atoms with Gasteiger partial charge in [0, 0.05) is 11.5 Å². The summed E-state index contributed by atoms with van der Waals surface area (Å²) in [5, 5.41) is 7.05. The Hall–Kier alpha value is -2.37. The van der Waals surface area contributed by atoms with Crippen molar-refractivity contribution in [3.63, 3.8) is 0 Å². The van der Waals surface area contributed by atoms with Crippen LogP contribution in [0.1, 0.15) is 42.2 Å². The molecule has 0 radical (unpaired) electrons. The molecule has 112 valence electrons. The summed E-state index contributed by atoms with van der Waals surface area (Å²) in [4.78, 5) is 15.9. The van der Waals surface area contributed by atoms with Crippen LogP contribution in [0.3, 0.4) is 0 Å². The highest BCUT2D eigenvalue weighted by Gasteiger charge is 2.45. The number of rotatable bonds is 2. The van der Waals surface area contributed by atoms with Gasteiger partial charge in [0.2, 0.25) is 11.7 Å². The van der Waals surface area contributed by atoms with Crippen molar-refractivity contribution in [3.05, 3.63) is 35.2 Å². The molecule has 1 N–H and O–H groups in total. The fraction of sp³-hybridized carbons (Fsp3) is 0.438. The Morgan fingerprint density at radius 3 is 3.00 bits per heavy atom. The standard InChI is InChI=1S/C16H15N3O3/c20-15-18-16(8-21-15)6-5-10-7-11(3-4-12(10)16)13-17-14(22-19-13)9-1-2-9/h3-4,7,9H,1-2,5-6,8H2,(H,18,20)/t16-/m1/s1. The van der Waals surface area contributed by atoms with Crippen molar-refractivity contribution in [2.75, 3.05) is 6.61 Å². The first kappa shape index (κ1) is 12.2. The van der Waals surface area contributed by atoms with E-state index in [1.54, 1.807) is 0 Å². The number of cyclic esters (lactones) is 1. The molecule has 2 aromatic rings. The second-order valence-corrected chi connectivity index (χ2v) is 6.39. The van der Waals surface area contributed by atoms with E-state index in [0.29, 0.717) is 18.3 Å². The molecule has 2 heterocycles. The van der Waals surface area contributed by atoms with E-state index in [1.165, 1.54) is 5.56 Å². The fourth-order valence-corrected chi connectivity index (χ4v) is 3.47. The lowest BCUT2D eigenvalue weighted by atomic mass is 9.93. The molecular formula is C16H15N3O3. The topological polar surface area (TPSA) is 77.3 Å². The number of ether oxygens (including phenoxy) is 1. The van der Waals surface area contributed by atoms with E-state index in [0.717, 1.165) is 42.7 Å².